The van der Waals surface area contributed by atoms with Crippen LogP contribution in [0.15, 0.2) is 76.1 Å². The number of likely N-dealkylation sites (tertiary alicyclic amines) is 1. The number of fused-ring (bicyclic) bond motifs is 2. The third kappa shape index (κ3) is 4.91. The Morgan fingerprint density at radius 2 is 1.82 bits per heavy atom. The number of nitrogens with zero attached hydrogens (tertiary/aromatic N) is 1. The quantitative estimate of drug-likeness (QED) is 0.333. The summed E-state index contributed by atoms with van der Waals surface area (Å²) in [7, 11) is 0. The van der Waals surface area contributed by atoms with Crippen molar-refractivity contribution >= 4 is 16.9 Å². The van der Waals surface area contributed by atoms with Crippen LogP contribution in [0.3, 0.4) is 0 Å². The monoisotopic (exact) mass is 506 g/mol. The molecule has 1 fully saturated rings. The molecule has 1 amide bonds. The molecule has 0 spiro atoms. The highest BCUT2D eigenvalue weighted by Crippen LogP contribution is 2.31. The molecule has 5 nitrogen and oxygen atoms in total. The molecule has 6 rings (SSSR count). The summed E-state index contributed by atoms with van der Waals surface area (Å²) in [5, 5.41) is 3.86. The Bertz CT molecular complexity index is 1530. The lowest BCUT2D eigenvalue weighted by molar-refractivity contribution is 0.0932. The molecule has 0 bridgehead atoms. The Kier molecular flexibility index (Phi) is 6.86. The van der Waals surface area contributed by atoms with Crippen LogP contribution in [0.25, 0.3) is 22.1 Å². The number of nitrogens with one attached hydrogen (secondary N) is 1. The van der Waals surface area contributed by atoms with Crippen LogP contribution in [0.1, 0.15) is 70.8 Å². The molecule has 194 valence electrons. The van der Waals surface area contributed by atoms with Crippen LogP contribution in [-0.2, 0) is 13.0 Å². The third-order valence-electron chi connectivity index (χ3n) is 8.15. The molecule has 1 saturated heterocycles. The molecule has 1 aliphatic heterocycles. The van der Waals surface area contributed by atoms with Gasteiger partial charge < -0.3 is 9.73 Å². The van der Waals surface area contributed by atoms with E-state index in [0.717, 1.165) is 36.9 Å². The van der Waals surface area contributed by atoms with Crippen molar-refractivity contribution in [1.29, 1.82) is 0 Å². The van der Waals surface area contributed by atoms with Crippen molar-refractivity contribution in [2.45, 2.75) is 58.0 Å². The number of aryl methyl sites for hydroxylation is 2. The van der Waals surface area contributed by atoms with Crippen LogP contribution in [-0.4, -0.2) is 23.9 Å². The van der Waals surface area contributed by atoms with E-state index in [1.54, 1.807) is 18.2 Å². The zero-order valence-electron chi connectivity index (χ0n) is 22.0. The topological polar surface area (TPSA) is 62.6 Å². The zero-order chi connectivity index (χ0) is 26.1. The average Bonchev–Trinajstić information content (AvgIpc) is 2.94. The van der Waals surface area contributed by atoms with Crippen LogP contribution >= 0.6 is 0 Å². The Balaban J connectivity index is 1.17. The minimum Gasteiger partial charge on any atom is -0.463 e. The van der Waals surface area contributed by atoms with Gasteiger partial charge in [0.2, 0.25) is 5.43 Å². The minimum atomic E-state index is -0.0896. The van der Waals surface area contributed by atoms with Crippen LogP contribution in [0.5, 0.6) is 0 Å². The number of carbonyl (C=O) groups excluding carboxylic acids is 1. The van der Waals surface area contributed by atoms with Gasteiger partial charge in [0, 0.05) is 12.1 Å². The molecule has 1 atom stereocenters. The molecule has 1 aliphatic carbocycles. The van der Waals surface area contributed by atoms with E-state index in [-0.39, 0.29) is 17.4 Å². The van der Waals surface area contributed by atoms with Gasteiger partial charge in [-0.3, -0.25) is 14.5 Å². The second-order valence-electron chi connectivity index (χ2n) is 10.8. The van der Waals surface area contributed by atoms with Crippen molar-refractivity contribution in [3.8, 4) is 11.1 Å². The van der Waals surface area contributed by atoms with E-state index >= 15 is 0 Å². The summed E-state index contributed by atoms with van der Waals surface area (Å²) in [5.74, 6) is -0.0896. The summed E-state index contributed by atoms with van der Waals surface area (Å²) >= 11 is 0. The maximum absolute atomic E-state index is 13.2. The molecule has 5 heteroatoms. The highest BCUT2D eigenvalue weighted by atomic mass is 16.3. The largest absolute Gasteiger partial charge is 0.463 e. The number of hydrogen-bond donors (Lipinski definition) is 1. The lowest BCUT2D eigenvalue weighted by atomic mass is 9.86. The SMILES string of the molecule is Cc1cccc2occ(-c3ccc(C(=O)N[C@H]4CCCc5cc(CN6CCCCC6)ccc54)cc3)c(=O)c12. The third-order valence-corrected chi connectivity index (χ3v) is 8.15. The Morgan fingerprint density at radius 3 is 2.63 bits per heavy atom. The van der Waals surface area contributed by atoms with Crippen molar-refractivity contribution in [2.75, 3.05) is 13.1 Å². The molecule has 2 aliphatic rings. The Labute approximate surface area is 223 Å². The highest BCUT2D eigenvalue weighted by molar-refractivity contribution is 5.95. The summed E-state index contributed by atoms with van der Waals surface area (Å²) in [5.41, 5.74) is 7.23. The number of hydrogen-bond acceptors (Lipinski definition) is 4. The molecular formula is C33H34N2O3. The molecule has 0 saturated carbocycles. The predicted octanol–water partition coefficient (Wildman–Crippen LogP) is 6.56. The summed E-state index contributed by atoms with van der Waals surface area (Å²) in [6.07, 6.45) is 8.55. The van der Waals surface area contributed by atoms with E-state index in [4.69, 9.17) is 4.42 Å². The lowest BCUT2D eigenvalue weighted by Crippen LogP contribution is -2.31. The summed E-state index contributed by atoms with van der Waals surface area (Å²) in [6.45, 7) is 5.32. The summed E-state index contributed by atoms with van der Waals surface area (Å²) < 4.78 is 5.74. The van der Waals surface area contributed by atoms with E-state index in [1.807, 2.05) is 31.2 Å². The van der Waals surface area contributed by atoms with E-state index in [2.05, 4.69) is 28.4 Å². The predicted molar refractivity (Wildman–Crippen MR) is 151 cm³/mol. The fourth-order valence-electron chi connectivity index (χ4n) is 6.07. The lowest BCUT2D eigenvalue weighted by Gasteiger charge is -2.29. The van der Waals surface area contributed by atoms with E-state index in [9.17, 15) is 9.59 Å². The van der Waals surface area contributed by atoms with Gasteiger partial charge in [-0.1, -0.05) is 48.9 Å². The first kappa shape index (κ1) is 24.6. The van der Waals surface area contributed by atoms with Gasteiger partial charge in [-0.15, -0.1) is 0 Å². The summed E-state index contributed by atoms with van der Waals surface area (Å²) in [6, 6.07) is 19.7. The average molecular weight is 507 g/mol. The van der Waals surface area contributed by atoms with Gasteiger partial charge in [0.05, 0.1) is 17.0 Å². The van der Waals surface area contributed by atoms with Crippen molar-refractivity contribution in [1.82, 2.24) is 10.2 Å². The zero-order valence-corrected chi connectivity index (χ0v) is 22.0. The highest BCUT2D eigenvalue weighted by Gasteiger charge is 2.23. The van der Waals surface area contributed by atoms with Gasteiger partial charge in [-0.25, -0.2) is 0 Å². The number of benzene rings is 3. The first-order valence-electron chi connectivity index (χ1n) is 13.8. The normalized spacial score (nSPS) is 17.8. The van der Waals surface area contributed by atoms with Gasteiger partial charge in [0.15, 0.2) is 0 Å². The van der Waals surface area contributed by atoms with Gasteiger partial charge in [-0.05, 0) is 98.1 Å². The maximum atomic E-state index is 13.2. The number of rotatable bonds is 5. The molecule has 1 N–H and O–H groups in total. The Morgan fingerprint density at radius 1 is 1.00 bits per heavy atom. The van der Waals surface area contributed by atoms with E-state index in [0.29, 0.717) is 22.1 Å². The van der Waals surface area contributed by atoms with Gasteiger partial charge >= 0.3 is 0 Å². The molecule has 38 heavy (non-hydrogen) atoms. The fraction of sp³-hybridized carbons (Fsp3) is 0.333. The molecule has 2 heterocycles. The second-order valence-corrected chi connectivity index (χ2v) is 10.8. The van der Waals surface area contributed by atoms with E-state index < -0.39 is 0 Å². The first-order valence-corrected chi connectivity index (χ1v) is 13.8. The molecule has 0 unspecified atom stereocenters. The smallest absolute Gasteiger partial charge is 0.251 e. The van der Waals surface area contributed by atoms with Crippen molar-refractivity contribution in [3.05, 3.63) is 105 Å². The standard InChI is InChI=1S/C33H34N2O3/c1-22-7-5-10-30-31(22)32(36)28(21-38-30)24-12-14-25(15-13-24)33(37)34-29-9-6-8-26-19-23(11-16-27(26)29)20-35-17-3-2-4-18-35/h5,7,10-16,19,21,29H,2-4,6,8-9,17-18,20H2,1H3,(H,34,37)/t29-/m0/s1. The number of amides is 1. The van der Waals surface area contributed by atoms with Gasteiger partial charge in [0.25, 0.3) is 5.91 Å². The Hall–Kier alpha value is -3.70. The van der Waals surface area contributed by atoms with Crippen LogP contribution in [0.4, 0.5) is 0 Å². The molecule has 1 aromatic heterocycles. The first-order chi connectivity index (χ1) is 18.6. The molecule has 3 aromatic carbocycles. The maximum Gasteiger partial charge on any atom is 0.251 e. The minimum absolute atomic E-state index is 0.0190. The fourth-order valence-corrected chi connectivity index (χ4v) is 6.07. The van der Waals surface area contributed by atoms with Crippen molar-refractivity contribution in [2.24, 2.45) is 0 Å². The van der Waals surface area contributed by atoms with Crippen molar-refractivity contribution < 1.29 is 9.21 Å². The van der Waals surface area contributed by atoms with Crippen molar-refractivity contribution in [3.63, 3.8) is 0 Å². The van der Waals surface area contributed by atoms with Crippen LogP contribution < -0.4 is 10.7 Å². The second kappa shape index (κ2) is 10.6. The molecular weight excluding hydrogens is 472 g/mol. The molecule has 0 radical (unpaired) electrons. The summed E-state index contributed by atoms with van der Waals surface area (Å²) in [4.78, 5) is 28.9. The molecule has 4 aromatic rings. The van der Waals surface area contributed by atoms with Gasteiger partial charge in [0.1, 0.15) is 11.8 Å². The van der Waals surface area contributed by atoms with Gasteiger partial charge in [-0.2, -0.15) is 0 Å². The van der Waals surface area contributed by atoms with Crippen LogP contribution in [0.2, 0.25) is 0 Å². The number of piperidine rings is 1. The number of carbonyl (C=O) groups is 1. The van der Waals surface area contributed by atoms with Crippen LogP contribution in [0, 0.1) is 6.92 Å². The van der Waals surface area contributed by atoms with E-state index in [1.165, 1.54) is 55.3 Å².